The summed E-state index contributed by atoms with van der Waals surface area (Å²) in [5.74, 6) is 0. The molecule has 0 saturated carbocycles. The van der Waals surface area contributed by atoms with Crippen molar-refractivity contribution in [1.29, 1.82) is 0 Å². The number of thiophene rings is 1. The van der Waals surface area contributed by atoms with Crippen LogP contribution in [-0.4, -0.2) is 0 Å². The van der Waals surface area contributed by atoms with Gasteiger partial charge in [0.1, 0.15) is 0 Å². The predicted octanol–water partition coefficient (Wildman–Crippen LogP) is 6.55. The summed E-state index contributed by atoms with van der Waals surface area (Å²) in [5, 5.41) is 3.46. The van der Waals surface area contributed by atoms with Crippen molar-refractivity contribution < 1.29 is 0 Å². The lowest BCUT2D eigenvalue weighted by molar-refractivity contribution is 1.19. The standard InChI is InChI=1S/C17H13Br2NS/c18-13-6-8-16(15(19)10-13)20-11-14-7-9-17(21-14)12-4-2-1-3-5-12/h1-10,20H,11H2. The molecule has 3 rings (SSSR count). The number of hydrogen-bond acceptors (Lipinski definition) is 2. The molecular formula is C17H13Br2NS. The first-order valence-electron chi connectivity index (χ1n) is 6.55. The molecule has 0 aliphatic carbocycles. The zero-order valence-corrected chi connectivity index (χ0v) is 15.1. The van der Waals surface area contributed by atoms with E-state index in [1.165, 1.54) is 15.3 Å². The monoisotopic (exact) mass is 421 g/mol. The average molecular weight is 423 g/mol. The molecule has 0 amide bonds. The Kier molecular flexibility index (Phi) is 4.78. The number of hydrogen-bond donors (Lipinski definition) is 1. The summed E-state index contributed by atoms with van der Waals surface area (Å²) in [6, 6.07) is 21.0. The highest BCUT2D eigenvalue weighted by Gasteiger charge is 2.04. The van der Waals surface area contributed by atoms with E-state index >= 15 is 0 Å². The zero-order valence-electron chi connectivity index (χ0n) is 11.1. The maximum Gasteiger partial charge on any atom is 0.0494 e. The van der Waals surface area contributed by atoms with Gasteiger partial charge >= 0.3 is 0 Å². The predicted molar refractivity (Wildman–Crippen MR) is 98.9 cm³/mol. The van der Waals surface area contributed by atoms with Crippen LogP contribution in [0.5, 0.6) is 0 Å². The molecule has 0 fully saturated rings. The molecule has 21 heavy (non-hydrogen) atoms. The Morgan fingerprint density at radius 2 is 1.71 bits per heavy atom. The summed E-state index contributed by atoms with van der Waals surface area (Å²) in [4.78, 5) is 2.63. The van der Waals surface area contributed by atoms with Crippen LogP contribution in [0, 0.1) is 0 Å². The van der Waals surface area contributed by atoms with E-state index in [2.05, 4.69) is 79.6 Å². The van der Waals surface area contributed by atoms with Gasteiger partial charge in [0.25, 0.3) is 0 Å². The van der Waals surface area contributed by atoms with Crippen molar-refractivity contribution in [2.45, 2.75) is 6.54 Å². The SMILES string of the molecule is Brc1ccc(NCc2ccc(-c3ccccc3)s2)c(Br)c1. The smallest absolute Gasteiger partial charge is 0.0494 e. The molecule has 4 heteroatoms. The molecule has 1 N–H and O–H groups in total. The van der Waals surface area contributed by atoms with Gasteiger partial charge < -0.3 is 5.32 Å². The quantitative estimate of drug-likeness (QED) is 0.502. The number of rotatable bonds is 4. The second kappa shape index (κ2) is 6.77. The fourth-order valence-electron chi connectivity index (χ4n) is 2.05. The van der Waals surface area contributed by atoms with E-state index in [0.717, 1.165) is 21.2 Å². The van der Waals surface area contributed by atoms with Gasteiger partial charge in [-0.15, -0.1) is 11.3 Å². The molecule has 0 spiro atoms. The van der Waals surface area contributed by atoms with E-state index in [4.69, 9.17) is 0 Å². The Morgan fingerprint density at radius 1 is 0.905 bits per heavy atom. The van der Waals surface area contributed by atoms with Gasteiger partial charge in [0.05, 0.1) is 0 Å². The van der Waals surface area contributed by atoms with Crippen molar-refractivity contribution in [2.75, 3.05) is 5.32 Å². The van der Waals surface area contributed by atoms with E-state index in [-0.39, 0.29) is 0 Å². The van der Waals surface area contributed by atoms with Crippen LogP contribution < -0.4 is 5.32 Å². The summed E-state index contributed by atoms with van der Waals surface area (Å²) in [7, 11) is 0. The minimum absolute atomic E-state index is 0.831. The Labute approximate surface area is 145 Å². The molecule has 0 atom stereocenters. The molecule has 0 saturated heterocycles. The number of nitrogens with one attached hydrogen (secondary N) is 1. The van der Waals surface area contributed by atoms with E-state index < -0.39 is 0 Å². The van der Waals surface area contributed by atoms with E-state index in [0.29, 0.717) is 0 Å². The summed E-state index contributed by atoms with van der Waals surface area (Å²) < 4.78 is 2.14. The van der Waals surface area contributed by atoms with Gasteiger partial charge in [-0.05, 0) is 51.8 Å². The third-order valence-electron chi connectivity index (χ3n) is 3.10. The van der Waals surface area contributed by atoms with Crippen molar-refractivity contribution in [3.63, 3.8) is 0 Å². The second-order valence-corrected chi connectivity index (χ2v) is 7.55. The van der Waals surface area contributed by atoms with E-state index in [1.54, 1.807) is 0 Å². The average Bonchev–Trinajstić information content (AvgIpc) is 2.96. The van der Waals surface area contributed by atoms with Gasteiger partial charge in [0.15, 0.2) is 0 Å². The summed E-state index contributed by atoms with van der Waals surface area (Å²) in [6.07, 6.45) is 0. The van der Waals surface area contributed by atoms with Crippen molar-refractivity contribution in [3.05, 3.63) is 74.5 Å². The van der Waals surface area contributed by atoms with Crippen LogP contribution >= 0.6 is 43.2 Å². The van der Waals surface area contributed by atoms with Crippen molar-refractivity contribution in [2.24, 2.45) is 0 Å². The van der Waals surface area contributed by atoms with Gasteiger partial charge in [-0.3, -0.25) is 0 Å². The minimum Gasteiger partial charge on any atom is -0.379 e. The molecular weight excluding hydrogens is 410 g/mol. The summed E-state index contributed by atoms with van der Waals surface area (Å²) in [5.41, 5.74) is 2.38. The first kappa shape index (κ1) is 14.8. The Balaban J connectivity index is 1.70. The number of anilines is 1. The Hall–Kier alpha value is -1.10. The molecule has 0 aliphatic heterocycles. The third kappa shape index (κ3) is 3.76. The minimum atomic E-state index is 0.831. The molecule has 0 radical (unpaired) electrons. The number of benzene rings is 2. The highest BCUT2D eigenvalue weighted by Crippen LogP contribution is 2.30. The molecule has 1 heterocycles. The lowest BCUT2D eigenvalue weighted by Gasteiger charge is -2.07. The van der Waals surface area contributed by atoms with Crippen LogP contribution in [-0.2, 0) is 6.54 Å². The fourth-order valence-corrected chi connectivity index (χ4v) is 4.19. The second-order valence-electron chi connectivity index (χ2n) is 4.61. The van der Waals surface area contributed by atoms with Crippen LogP contribution in [0.4, 0.5) is 5.69 Å². The maximum absolute atomic E-state index is 3.57. The van der Waals surface area contributed by atoms with Crippen molar-refractivity contribution in [1.82, 2.24) is 0 Å². The third-order valence-corrected chi connectivity index (χ3v) is 5.39. The summed E-state index contributed by atoms with van der Waals surface area (Å²) in [6.45, 7) is 0.831. The molecule has 2 aromatic carbocycles. The van der Waals surface area contributed by atoms with Gasteiger partial charge in [0.2, 0.25) is 0 Å². The summed E-state index contributed by atoms with van der Waals surface area (Å²) >= 11 is 8.87. The first-order chi connectivity index (χ1) is 10.2. The van der Waals surface area contributed by atoms with E-state index in [9.17, 15) is 0 Å². The topological polar surface area (TPSA) is 12.0 Å². The van der Waals surface area contributed by atoms with Gasteiger partial charge in [-0.1, -0.05) is 46.3 Å². The fraction of sp³-hybridized carbons (Fsp3) is 0.0588. The molecule has 0 aliphatic rings. The van der Waals surface area contributed by atoms with Gasteiger partial charge in [-0.2, -0.15) is 0 Å². The van der Waals surface area contributed by atoms with Crippen molar-refractivity contribution in [3.8, 4) is 10.4 Å². The molecule has 0 unspecified atom stereocenters. The molecule has 1 nitrogen and oxygen atoms in total. The van der Waals surface area contributed by atoms with Gasteiger partial charge in [0, 0.05) is 30.9 Å². The first-order valence-corrected chi connectivity index (χ1v) is 8.96. The molecule has 0 bridgehead atoms. The highest BCUT2D eigenvalue weighted by atomic mass is 79.9. The Morgan fingerprint density at radius 3 is 2.48 bits per heavy atom. The van der Waals surface area contributed by atoms with Crippen LogP contribution in [0.15, 0.2) is 69.6 Å². The lowest BCUT2D eigenvalue weighted by atomic mass is 10.2. The van der Waals surface area contributed by atoms with Crippen LogP contribution in [0.2, 0.25) is 0 Å². The normalized spacial score (nSPS) is 10.6. The lowest BCUT2D eigenvalue weighted by Crippen LogP contribution is -1.97. The van der Waals surface area contributed by atoms with Crippen molar-refractivity contribution >= 4 is 48.9 Å². The van der Waals surface area contributed by atoms with Crippen LogP contribution in [0.25, 0.3) is 10.4 Å². The van der Waals surface area contributed by atoms with E-state index in [1.807, 2.05) is 29.5 Å². The molecule has 106 valence electrons. The van der Waals surface area contributed by atoms with Crippen LogP contribution in [0.1, 0.15) is 4.88 Å². The maximum atomic E-state index is 3.57. The molecule has 3 aromatic rings. The zero-order chi connectivity index (χ0) is 14.7. The Bertz CT molecular complexity index is 738. The molecule has 1 aromatic heterocycles. The highest BCUT2D eigenvalue weighted by molar-refractivity contribution is 9.11. The largest absolute Gasteiger partial charge is 0.379 e. The van der Waals surface area contributed by atoms with Crippen LogP contribution in [0.3, 0.4) is 0 Å². The van der Waals surface area contributed by atoms with Gasteiger partial charge in [-0.25, -0.2) is 0 Å². The number of halogens is 2.